The minimum absolute atomic E-state index is 0.0623. The van der Waals surface area contributed by atoms with Gasteiger partial charge in [-0.3, -0.25) is 4.90 Å². The number of rotatable bonds is 5. The van der Waals surface area contributed by atoms with Gasteiger partial charge in [-0.25, -0.2) is 9.78 Å². The lowest BCUT2D eigenvalue weighted by Gasteiger charge is -2.32. The third-order valence-electron chi connectivity index (χ3n) is 3.75. The Kier molecular flexibility index (Phi) is 4.59. The van der Waals surface area contributed by atoms with E-state index < -0.39 is 5.97 Å². The summed E-state index contributed by atoms with van der Waals surface area (Å²) in [5.74, 6) is 0.104. The molecule has 1 aliphatic heterocycles. The molecule has 3 rings (SSSR count). The van der Waals surface area contributed by atoms with Gasteiger partial charge in [0.25, 0.3) is 0 Å². The molecule has 7 heteroatoms. The molecule has 1 unspecified atom stereocenters. The lowest BCUT2D eigenvalue weighted by Crippen LogP contribution is -2.37. The van der Waals surface area contributed by atoms with Gasteiger partial charge in [-0.15, -0.1) is 0 Å². The van der Waals surface area contributed by atoms with Gasteiger partial charge in [0.05, 0.1) is 26.4 Å². The Bertz CT molecular complexity index is 685. The monoisotopic (exact) mass is 318 g/mol. The topological polar surface area (TPSA) is 85.0 Å². The number of morpholine rings is 1. The zero-order chi connectivity index (χ0) is 16.2. The molecule has 1 N–H and O–H groups in total. The van der Waals surface area contributed by atoms with E-state index in [2.05, 4.69) is 9.88 Å². The summed E-state index contributed by atoms with van der Waals surface area (Å²) in [6.45, 7) is 2.47. The summed E-state index contributed by atoms with van der Waals surface area (Å²) in [6, 6.07) is 7.79. The SMILES string of the molecule is COc1cccc(C2CN(Cc3nc(C(=O)O)co3)CCO2)c1. The van der Waals surface area contributed by atoms with E-state index in [0.717, 1.165) is 24.1 Å². The highest BCUT2D eigenvalue weighted by Gasteiger charge is 2.24. The molecule has 1 saturated heterocycles. The van der Waals surface area contributed by atoms with Gasteiger partial charge >= 0.3 is 5.97 Å². The van der Waals surface area contributed by atoms with E-state index in [1.54, 1.807) is 7.11 Å². The molecule has 2 heterocycles. The normalized spacial score (nSPS) is 18.7. The molecule has 0 bridgehead atoms. The van der Waals surface area contributed by atoms with Gasteiger partial charge in [-0.2, -0.15) is 0 Å². The van der Waals surface area contributed by atoms with Crippen LogP contribution in [0, 0.1) is 0 Å². The summed E-state index contributed by atoms with van der Waals surface area (Å²) in [4.78, 5) is 16.9. The van der Waals surface area contributed by atoms with Gasteiger partial charge < -0.3 is 19.0 Å². The molecule has 0 amide bonds. The Morgan fingerprint density at radius 3 is 3.13 bits per heavy atom. The number of methoxy groups -OCH3 is 1. The zero-order valence-corrected chi connectivity index (χ0v) is 12.8. The number of benzene rings is 1. The number of nitrogens with zero attached hydrogens (tertiary/aromatic N) is 2. The fourth-order valence-electron chi connectivity index (χ4n) is 2.56. The Balaban J connectivity index is 1.66. The number of hydrogen-bond donors (Lipinski definition) is 1. The van der Waals surface area contributed by atoms with Crippen LogP contribution in [0.4, 0.5) is 0 Å². The van der Waals surface area contributed by atoms with Crippen molar-refractivity contribution in [3.63, 3.8) is 0 Å². The summed E-state index contributed by atoms with van der Waals surface area (Å²) < 4.78 is 16.3. The number of carbonyl (C=O) groups is 1. The minimum Gasteiger partial charge on any atom is -0.497 e. The number of ether oxygens (including phenoxy) is 2. The van der Waals surface area contributed by atoms with Crippen LogP contribution in [0.2, 0.25) is 0 Å². The molecule has 23 heavy (non-hydrogen) atoms. The number of aromatic nitrogens is 1. The predicted octanol–water partition coefficient (Wildman–Crippen LogP) is 1.95. The van der Waals surface area contributed by atoms with Crippen LogP contribution in [0.1, 0.15) is 28.0 Å². The van der Waals surface area contributed by atoms with Crippen LogP contribution < -0.4 is 4.74 Å². The van der Waals surface area contributed by atoms with Crippen LogP contribution in [0.3, 0.4) is 0 Å². The third kappa shape index (κ3) is 3.69. The molecule has 2 aromatic rings. The lowest BCUT2D eigenvalue weighted by atomic mass is 10.1. The van der Waals surface area contributed by atoms with E-state index >= 15 is 0 Å². The second-order valence-electron chi connectivity index (χ2n) is 5.30. The molecule has 1 aromatic heterocycles. The quantitative estimate of drug-likeness (QED) is 0.902. The number of hydrogen-bond acceptors (Lipinski definition) is 6. The molecule has 0 saturated carbocycles. The van der Waals surface area contributed by atoms with E-state index in [1.807, 2.05) is 24.3 Å². The molecular formula is C16H18N2O5. The lowest BCUT2D eigenvalue weighted by molar-refractivity contribution is -0.0352. The molecule has 1 aliphatic rings. The van der Waals surface area contributed by atoms with E-state index in [0.29, 0.717) is 25.6 Å². The average Bonchev–Trinajstić information content (AvgIpc) is 3.04. The molecular weight excluding hydrogens is 300 g/mol. The molecule has 0 spiro atoms. The largest absolute Gasteiger partial charge is 0.497 e. The van der Waals surface area contributed by atoms with E-state index in [9.17, 15) is 4.79 Å². The van der Waals surface area contributed by atoms with Gasteiger partial charge in [0.2, 0.25) is 5.89 Å². The second-order valence-corrected chi connectivity index (χ2v) is 5.30. The van der Waals surface area contributed by atoms with E-state index in [1.165, 1.54) is 0 Å². The third-order valence-corrected chi connectivity index (χ3v) is 3.75. The maximum Gasteiger partial charge on any atom is 0.357 e. The van der Waals surface area contributed by atoms with Crippen molar-refractivity contribution in [2.45, 2.75) is 12.6 Å². The standard InChI is InChI=1S/C16H18N2O5/c1-21-12-4-2-3-11(7-12)14-8-18(5-6-22-14)9-15-17-13(10-23-15)16(19)20/h2-4,7,10,14H,5-6,8-9H2,1H3,(H,19,20). The molecule has 1 atom stereocenters. The summed E-state index contributed by atoms with van der Waals surface area (Å²) in [5.41, 5.74) is 0.977. The van der Waals surface area contributed by atoms with Crippen molar-refractivity contribution < 1.29 is 23.8 Å². The van der Waals surface area contributed by atoms with Crippen LogP contribution in [0.25, 0.3) is 0 Å². The first-order valence-electron chi connectivity index (χ1n) is 7.31. The first-order chi connectivity index (χ1) is 11.2. The van der Waals surface area contributed by atoms with Crippen LogP contribution in [-0.4, -0.2) is 47.8 Å². The first kappa shape index (κ1) is 15.5. The van der Waals surface area contributed by atoms with Gasteiger partial charge in [0.15, 0.2) is 5.69 Å². The molecule has 1 aromatic carbocycles. The highest BCUT2D eigenvalue weighted by atomic mass is 16.5. The Labute approximate surface area is 133 Å². The van der Waals surface area contributed by atoms with Gasteiger partial charge in [0.1, 0.15) is 12.0 Å². The number of aromatic carboxylic acids is 1. The smallest absolute Gasteiger partial charge is 0.357 e. The Hall–Kier alpha value is -2.38. The minimum atomic E-state index is -1.09. The van der Waals surface area contributed by atoms with Crippen molar-refractivity contribution in [1.82, 2.24) is 9.88 Å². The number of oxazole rings is 1. The maximum absolute atomic E-state index is 10.8. The van der Waals surface area contributed by atoms with Crippen molar-refractivity contribution in [2.24, 2.45) is 0 Å². The highest BCUT2D eigenvalue weighted by molar-refractivity contribution is 5.84. The van der Waals surface area contributed by atoms with Crippen molar-refractivity contribution in [3.8, 4) is 5.75 Å². The molecule has 7 nitrogen and oxygen atoms in total. The van der Waals surface area contributed by atoms with Crippen molar-refractivity contribution >= 4 is 5.97 Å². The maximum atomic E-state index is 10.8. The van der Waals surface area contributed by atoms with Crippen LogP contribution in [0.5, 0.6) is 5.75 Å². The van der Waals surface area contributed by atoms with Crippen molar-refractivity contribution in [1.29, 1.82) is 0 Å². The molecule has 1 fully saturated rings. The van der Waals surface area contributed by atoms with Crippen LogP contribution in [0.15, 0.2) is 34.9 Å². The molecule has 0 radical (unpaired) electrons. The van der Waals surface area contributed by atoms with Gasteiger partial charge in [0, 0.05) is 13.1 Å². The summed E-state index contributed by atoms with van der Waals surface area (Å²) in [7, 11) is 1.63. The summed E-state index contributed by atoms with van der Waals surface area (Å²) in [5, 5.41) is 8.88. The molecule has 122 valence electrons. The van der Waals surface area contributed by atoms with Crippen LogP contribution >= 0.6 is 0 Å². The Morgan fingerprint density at radius 1 is 1.52 bits per heavy atom. The Morgan fingerprint density at radius 2 is 2.39 bits per heavy atom. The number of carboxylic acid groups (broad SMARTS) is 1. The van der Waals surface area contributed by atoms with Crippen LogP contribution in [-0.2, 0) is 11.3 Å². The fourth-order valence-corrected chi connectivity index (χ4v) is 2.56. The average molecular weight is 318 g/mol. The highest BCUT2D eigenvalue weighted by Crippen LogP contribution is 2.26. The summed E-state index contributed by atoms with van der Waals surface area (Å²) in [6.07, 6.45) is 1.10. The fraction of sp³-hybridized carbons (Fsp3) is 0.375. The van der Waals surface area contributed by atoms with Gasteiger partial charge in [-0.1, -0.05) is 12.1 Å². The first-order valence-corrected chi connectivity index (χ1v) is 7.31. The van der Waals surface area contributed by atoms with E-state index in [4.69, 9.17) is 19.0 Å². The van der Waals surface area contributed by atoms with Crippen molar-refractivity contribution in [3.05, 3.63) is 47.7 Å². The second kappa shape index (κ2) is 6.80. The predicted molar refractivity (Wildman–Crippen MR) is 80.4 cm³/mol. The van der Waals surface area contributed by atoms with E-state index in [-0.39, 0.29) is 11.8 Å². The number of carboxylic acids is 1. The summed E-state index contributed by atoms with van der Waals surface area (Å²) >= 11 is 0. The molecule has 0 aliphatic carbocycles. The van der Waals surface area contributed by atoms with Crippen molar-refractivity contribution in [2.75, 3.05) is 26.8 Å². The zero-order valence-electron chi connectivity index (χ0n) is 12.8. The van der Waals surface area contributed by atoms with Gasteiger partial charge in [-0.05, 0) is 17.7 Å².